The van der Waals surface area contributed by atoms with Gasteiger partial charge in [-0.25, -0.2) is 0 Å². The van der Waals surface area contributed by atoms with E-state index < -0.39 is 0 Å². The second-order valence-corrected chi connectivity index (χ2v) is 3.62. The smallest absolute Gasteiger partial charge is 0.210 e. The number of ether oxygens (including phenoxy) is 1. The topological polar surface area (TPSA) is 57.0 Å². The maximum absolute atomic E-state index is 11.6. The summed E-state index contributed by atoms with van der Waals surface area (Å²) in [6, 6.07) is 9.71. The predicted octanol–water partition coefficient (Wildman–Crippen LogP) is 1.21. The van der Waals surface area contributed by atoms with E-state index in [1.807, 2.05) is 30.3 Å². The monoisotopic (exact) mass is 231 g/mol. The highest BCUT2D eigenvalue weighted by atomic mass is 16.5. The molecule has 0 aliphatic carbocycles. The maximum atomic E-state index is 11.6. The normalized spacial score (nSPS) is 10.4. The first-order valence-electron chi connectivity index (χ1n) is 5.27. The molecular weight excluding hydrogens is 218 g/mol. The first-order chi connectivity index (χ1) is 8.25. The summed E-state index contributed by atoms with van der Waals surface area (Å²) < 4.78 is 5.32. The van der Waals surface area contributed by atoms with E-state index >= 15 is 0 Å². The van der Waals surface area contributed by atoms with Crippen LogP contribution >= 0.6 is 0 Å². The van der Waals surface area contributed by atoms with Gasteiger partial charge in [-0.15, -0.1) is 0 Å². The van der Waals surface area contributed by atoms with Gasteiger partial charge in [0.15, 0.2) is 5.69 Å². The average Bonchev–Trinajstić information content (AvgIpc) is 2.77. The SMILES string of the molecule is Cn1ncc(C(=O)COCc2ccccc2)n1. The van der Waals surface area contributed by atoms with Crippen LogP contribution in [0.4, 0.5) is 0 Å². The van der Waals surface area contributed by atoms with Crippen LogP contribution in [-0.4, -0.2) is 27.4 Å². The molecule has 88 valence electrons. The Bertz CT molecular complexity index is 493. The van der Waals surface area contributed by atoms with Gasteiger partial charge in [0.1, 0.15) is 6.61 Å². The quantitative estimate of drug-likeness (QED) is 0.726. The third kappa shape index (κ3) is 3.22. The van der Waals surface area contributed by atoms with Gasteiger partial charge in [0.05, 0.1) is 12.8 Å². The molecule has 0 aliphatic rings. The Hall–Kier alpha value is -2.01. The molecule has 0 aliphatic heterocycles. The second-order valence-electron chi connectivity index (χ2n) is 3.62. The van der Waals surface area contributed by atoms with Gasteiger partial charge in [0.2, 0.25) is 5.78 Å². The van der Waals surface area contributed by atoms with E-state index in [0.717, 1.165) is 5.56 Å². The summed E-state index contributed by atoms with van der Waals surface area (Å²) in [5.74, 6) is -0.158. The van der Waals surface area contributed by atoms with Crippen molar-refractivity contribution in [1.82, 2.24) is 15.0 Å². The molecule has 0 N–H and O–H groups in total. The summed E-state index contributed by atoms with van der Waals surface area (Å²) in [4.78, 5) is 13.0. The average molecular weight is 231 g/mol. The van der Waals surface area contributed by atoms with Gasteiger partial charge >= 0.3 is 0 Å². The highest BCUT2D eigenvalue weighted by Gasteiger charge is 2.09. The Morgan fingerprint density at radius 3 is 2.76 bits per heavy atom. The molecule has 5 heteroatoms. The maximum Gasteiger partial charge on any atom is 0.210 e. The Balaban J connectivity index is 1.81. The lowest BCUT2D eigenvalue weighted by Crippen LogP contribution is -2.10. The molecule has 0 saturated carbocycles. The molecule has 1 heterocycles. The minimum Gasteiger partial charge on any atom is -0.369 e. The first kappa shape index (κ1) is 11.5. The number of carbonyl (C=O) groups is 1. The van der Waals surface area contributed by atoms with E-state index in [2.05, 4.69) is 10.2 Å². The number of ketones is 1. The molecule has 17 heavy (non-hydrogen) atoms. The molecule has 0 saturated heterocycles. The summed E-state index contributed by atoms with van der Waals surface area (Å²) in [5.41, 5.74) is 1.38. The lowest BCUT2D eigenvalue weighted by molar-refractivity contribution is 0.0721. The summed E-state index contributed by atoms with van der Waals surface area (Å²) in [5, 5.41) is 7.75. The van der Waals surface area contributed by atoms with Crippen LogP contribution in [0.2, 0.25) is 0 Å². The third-order valence-corrected chi connectivity index (χ3v) is 2.23. The molecule has 1 aromatic carbocycles. The zero-order valence-corrected chi connectivity index (χ0v) is 9.54. The summed E-state index contributed by atoms with van der Waals surface area (Å²) in [7, 11) is 1.67. The summed E-state index contributed by atoms with van der Waals surface area (Å²) in [6.07, 6.45) is 1.44. The van der Waals surface area contributed by atoms with Crippen molar-refractivity contribution in [3.63, 3.8) is 0 Å². The van der Waals surface area contributed by atoms with Gasteiger partial charge in [-0.3, -0.25) is 4.79 Å². The van der Waals surface area contributed by atoms with Gasteiger partial charge in [0, 0.05) is 7.05 Å². The van der Waals surface area contributed by atoms with E-state index in [1.54, 1.807) is 7.05 Å². The van der Waals surface area contributed by atoms with Crippen LogP contribution in [0, 0.1) is 0 Å². The standard InChI is InChI=1S/C12H13N3O2/c1-15-13-7-11(14-15)12(16)9-17-8-10-5-3-2-4-6-10/h2-7H,8-9H2,1H3. The van der Waals surface area contributed by atoms with Crippen molar-refractivity contribution in [1.29, 1.82) is 0 Å². The van der Waals surface area contributed by atoms with Crippen LogP contribution in [0.3, 0.4) is 0 Å². The van der Waals surface area contributed by atoms with Crippen LogP contribution in [0.15, 0.2) is 36.5 Å². The number of benzene rings is 1. The minimum atomic E-state index is -0.158. The lowest BCUT2D eigenvalue weighted by atomic mass is 10.2. The van der Waals surface area contributed by atoms with Gasteiger partial charge < -0.3 is 4.74 Å². The van der Waals surface area contributed by atoms with Crippen molar-refractivity contribution in [2.75, 3.05) is 6.61 Å². The highest BCUT2D eigenvalue weighted by molar-refractivity contribution is 5.94. The fraction of sp³-hybridized carbons (Fsp3) is 0.250. The van der Waals surface area contributed by atoms with Gasteiger partial charge in [-0.1, -0.05) is 30.3 Å². The molecule has 0 spiro atoms. The van der Waals surface area contributed by atoms with Crippen molar-refractivity contribution >= 4 is 5.78 Å². The third-order valence-electron chi connectivity index (χ3n) is 2.23. The van der Waals surface area contributed by atoms with Crippen molar-refractivity contribution < 1.29 is 9.53 Å². The summed E-state index contributed by atoms with van der Waals surface area (Å²) in [6.45, 7) is 0.445. The Morgan fingerprint density at radius 2 is 2.12 bits per heavy atom. The molecular formula is C12H13N3O2. The molecule has 0 unspecified atom stereocenters. The number of aromatic nitrogens is 3. The number of carbonyl (C=O) groups excluding carboxylic acids is 1. The number of nitrogens with zero attached hydrogens (tertiary/aromatic N) is 3. The van der Waals surface area contributed by atoms with Crippen molar-refractivity contribution in [2.24, 2.45) is 7.05 Å². The fourth-order valence-electron chi connectivity index (χ4n) is 1.38. The van der Waals surface area contributed by atoms with E-state index in [4.69, 9.17) is 4.74 Å². The minimum absolute atomic E-state index is 0.0214. The zero-order chi connectivity index (χ0) is 12.1. The molecule has 0 fully saturated rings. The van der Waals surface area contributed by atoms with E-state index in [9.17, 15) is 4.79 Å². The van der Waals surface area contributed by atoms with Crippen LogP contribution in [0.5, 0.6) is 0 Å². The molecule has 2 aromatic rings. The molecule has 0 bridgehead atoms. The van der Waals surface area contributed by atoms with Gasteiger partial charge in [0.25, 0.3) is 0 Å². The van der Waals surface area contributed by atoms with Crippen LogP contribution in [0.1, 0.15) is 16.1 Å². The largest absolute Gasteiger partial charge is 0.369 e. The molecule has 0 amide bonds. The van der Waals surface area contributed by atoms with Crippen LogP contribution in [-0.2, 0) is 18.4 Å². The predicted molar refractivity (Wildman–Crippen MR) is 61.4 cm³/mol. The van der Waals surface area contributed by atoms with E-state index in [0.29, 0.717) is 12.3 Å². The molecule has 0 atom stereocenters. The Morgan fingerprint density at radius 1 is 1.35 bits per heavy atom. The fourth-order valence-corrected chi connectivity index (χ4v) is 1.38. The highest BCUT2D eigenvalue weighted by Crippen LogP contribution is 2.01. The number of Topliss-reactive ketones (excluding diaryl/α,β-unsaturated/α-hetero) is 1. The van der Waals surface area contributed by atoms with E-state index in [-0.39, 0.29) is 12.4 Å². The number of rotatable bonds is 5. The first-order valence-corrected chi connectivity index (χ1v) is 5.27. The molecule has 1 aromatic heterocycles. The van der Waals surface area contributed by atoms with Crippen molar-refractivity contribution in [3.05, 3.63) is 47.8 Å². The van der Waals surface area contributed by atoms with Crippen LogP contribution < -0.4 is 0 Å². The van der Waals surface area contributed by atoms with Gasteiger partial charge in [-0.2, -0.15) is 15.0 Å². The second kappa shape index (κ2) is 5.36. The molecule has 2 rings (SSSR count). The van der Waals surface area contributed by atoms with Gasteiger partial charge in [-0.05, 0) is 5.56 Å². The summed E-state index contributed by atoms with van der Waals surface area (Å²) >= 11 is 0. The van der Waals surface area contributed by atoms with E-state index in [1.165, 1.54) is 11.0 Å². The lowest BCUT2D eigenvalue weighted by Gasteiger charge is -2.01. The molecule has 5 nitrogen and oxygen atoms in total. The number of hydrogen-bond donors (Lipinski definition) is 0. The number of hydrogen-bond acceptors (Lipinski definition) is 4. The Kier molecular flexibility index (Phi) is 3.62. The van der Waals surface area contributed by atoms with Crippen LogP contribution in [0.25, 0.3) is 0 Å². The molecule has 0 radical (unpaired) electrons. The van der Waals surface area contributed by atoms with Crippen molar-refractivity contribution in [3.8, 4) is 0 Å². The zero-order valence-electron chi connectivity index (χ0n) is 9.54. The number of aryl methyl sites for hydroxylation is 1. The Labute approximate surface area is 99.0 Å². The van der Waals surface area contributed by atoms with Crippen molar-refractivity contribution in [2.45, 2.75) is 6.61 Å².